The number of rotatable bonds is 17. The van der Waals surface area contributed by atoms with Gasteiger partial charge in [0.25, 0.3) is 0 Å². The van der Waals surface area contributed by atoms with Crippen molar-refractivity contribution in [2.75, 3.05) is 80.0 Å². The number of hydrogen-bond donors (Lipinski definition) is 1. The van der Waals surface area contributed by atoms with Crippen molar-refractivity contribution in [3.63, 3.8) is 0 Å². The van der Waals surface area contributed by atoms with Gasteiger partial charge in [-0.05, 0) is 62.3 Å². The molecule has 1 heterocycles. The van der Waals surface area contributed by atoms with Gasteiger partial charge >= 0.3 is 0 Å². The van der Waals surface area contributed by atoms with Gasteiger partial charge in [-0.15, -0.1) is 0 Å². The molecule has 2 aromatic rings. The number of fused-ring (bicyclic) bond motifs is 1. The van der Waals surface area contributed by atoms with Gasteiger partial charge in [0.2, 0.25) is 5.91 Å². The minimum atomic E-state index is -0.206. The molecule has 1 aliphatic carbocycles. The Hall–Kier alpha value is -2.82. The molecule has 0 unspecified atom stereocenters. The number of carbonyl (C=O) groups excluding carboxylic acids is 1. The molecule has 4 rings (SSSR count). The van der Waals surface area contributed by atoms with Gasteiger partial charge < -0.3 is 29.2 Å². The summed E-state index contributed by atoms with van der Waals surface area (Å²) in [5.74, 6) is 0.893. The highest BCUT2D eigenvalue weighted by atomic mass is 19.1. The molecule has 0 saturated carbocycles. The zero-order valence-electron chi connectivity index (χ0n) is 24.4. The van der Waals surface area contributed by atoms with Crippen LogP contribution in [0.3, 0.4) is 0 Å². The number of nitrogens with zero attached hydrogens (tertiary/aromatic N) is 2. The van der Waals surface area contributed by atoms with Crippen molar-refractivity contribution >= 4 is 5.91 Å². The van der Waals surface area contributed by atoms with E-state index in [1.165, 1.54) is 11.6 Å². The second-order valence-corrected chi connectivity index (χ2v) is 10.7. The van der Waals surface area contributed by atoms with Crippen LogP contribution in [0.1, 0.15) is 35.1 Å². The number of ether oxygens (including phenoxy) is 4. The van der Waals surface area contributed by atoms with Crippen molar-refractivity contribution in [1.29, 1.82) is 0 Å². The molecule has 2 aliphatic rings. The highest BCUT2D eigenvalue weighted by Crippen LogP contribution is 2.42. The summed E-state index contributed by atoms with van der Waals surface area (Å²) < 4.78 is 37.0. The molecule has 3 atom stereocenters. The quantitative estimate of drug-likeness (QED) is 0.231. The van der Waals surface area contributed by atoms with E-state index in [9.17, 15) is 9.18 Å². The van der Waals surface area contributed by atoms with Crippen LogP contribution in [-0.4, -0.2) is 102 Å². The lowest BCUT2D eigenvalue weighted by Gasteiger charge is -2.26. The summed E-state index contributed by atoms with van der Waals surface area (Å²) >= 11 is 0. The van der Waals surface area contributed by atoms with Gasteiger partial charge in [0, 0.05) is 43.2 Å². The van der Waals surface area contributed by atoms with E-state index in [4.69, 9.17) is 18.9 Å². The standard InChI is InChI=1S/C32H44FN3O5/c1-4-31(37)34-14-15-38-16-17-39-18-19-40-20-21-41-26-11-8-24(9-12-26)27-22-36(23-30(27)35(2)3)29-13-10-25-6-5-7-28(33)32(25)29/h4-9,11-12,27,29-30H,1,10,13-23H2,2-3H3,(H,34,37)/t27-,29+,30+/m1/s1. The molecule has 41 heavy (non-hydrogen) atoms. The highest BCUT2D eigenvalue weighted by Gasteiger charge is 2.41. The molecule has 224 valence electrons. The predicted octanol–water partition coefficient (Wildman–Crippen LogP) is 3.57. The summed E-state index contributed by atoms with van der Waals surface area (Å²) in [5, 5.41) is 2.64. The van der Waals surface area contributed by atoms with E-state index in [0.29, 0.717) is 64.8 Å². The Labute approximate surface area is 243 Å². The molecule has 0 aromatic heterocycles. The number of likely N-dealkylation sites (tertiary alicyclic amines) is 1. The van der Waals surface area contributed by atoms with Crippen LogP contribution < -0.4 is 10.1 Å². The van der Waals surface area contributed by atoms with Crippen LogP contribution in [0.15, 0.2) is 55.1 Å². The van der Waals surface area contributed by atoms with Crippen LogP contribution >= 0.6 is 0 Å². The third kappa shape index (κ3) is 8.83. The third-order valence-electron chi connectivity index (χ3n) is 7.86. The van der Waals surface area contributed by atoms with Crippen molar-refractivity contribution in [3.8, 4) is 5.75 Å². The van der Waals surface area contributed by atoms with Crippen molar-refractivity contribution in [2.45, 2.75) is 30.8 Å². The molecule has 0 bridgehead atoms. The number of hydrogen-bond acceptors (Lipinski definition) is 7. The van der Waals surface area contributed by atoms with Crippen molar-refractivity contribution < 1.29 is 28.1 Å². The predicted molar refractivity (Wildman–Crippen MR) is 157 cm³/mol. The summed E-state index contributed by atoms with van der Waals surface area (Å²) in [6.45, 7) is 8.96. The summed E-state index contributed by atoms with van der Waals surface area (Å²) in [4.78, 5) is 15.8. The Morgan fingerprint density at radius 3 is 2.37 bits per heavy atom. The molecule has 1 N–H and O–H groups in total. The topological polar surface area (TPSA) is 72.5 Å². The van der Waals surface area contributed by atoms with E-state index in [2.05, 4.69) is 54.0 Å². The van der Waals surface area contributed by atoms with Gasteiger partial charge in [-0.1, -0.05) is 30.8 Å². The SMILES string of the molecule is C=CC(=O)NCCOCCOCCOCCOc1ccc([C@H]2CN([C@H]3CCc4cccc(F)c43)C[C@@H]2N(C)C)cc1. The average Bonchev–Trinajstić information content (AvgIpc) is 3.61. The lowest BCUT2D eigenvalue weighted by molar-refractivity contribution is -0.116. The van der Waals surface area contributed by atoms with Crippen molar-refractivity contribution in [3.05, 3.63) is 77.6 Å². The molecule has 1 aliphatic heterocycles. The fourth-order valence-electron chi connectivity index (χ4n) is 5.79. The van der Waals surface area contributed by atoms with Crippen LogP contribution in [0.25, 0.3) is 0 Å². The minimum absolute atomic E-state index is 0.0677. The maximum Gasteiger partial charge on any atom is 0.243 e. The second kappa shape index (κ2) is 16.0. The zero-order chi connectivity index (χ0) is 29.0. The fourth-order valence-corrected chi connectivity index (χ4v) is 5.79. The van der Waals surface area contributed by atoms with Gasteiger partial charge in [-0.25, -0.2) is 4.39 Å². The number of benzene rings is 2. The smallest absolute Gasteiger partial charge is 0.243 e. The summed E-state index contributed by atoms with van der Waals surface area (Å²) in [6, 6.07) is 14.4. The number of likely N-dealkylation sites (N-methyl/N-ethyl adjacent to an activating group) is 1. The van der Waals surface area contributed by atoms with E-state index in [1.807, 2.05) is 18.2 Å². The van der Waals surface area contributed by atoms with Gasteiger partial charge in [-0.3, -0.25) is 9.69 Å². The Morgan fingerprint density at radius 1 is 1.00 bits per heavy atom. The number of aryl methyl sites for hydroxylation is 1. The molecule has 1 amide bonds. The molecule has 2 aromatic carbocycles. The molecule has 0 radical (unpaired) electrons. The van der Waals surface area contributed by atoms with Crippen LogP contribution in [0.5, 0.6) is 5.75 Å². The average molecular weight is 570 g/mol. The first kappa shape index (κ1) is 31.1. The minimum Gasteiger partial charge on any atom is -0.491 e. The first-order valence-corrected chi connectivity index (χ1v) is 14.5. The Kier molecular flexibility index (Phi) is 12.1. The number of halogens is 1. The zero-order valence-corrected chi connectivity index (χ0v) is 24.4. The second-order valence-electron chi connectivity index (χ2n) is 10.7. The molecule has 9 heteroatoms. The lowest BCUT2D eigenvalue weighted by atomic mass is 9.93. The van der Waals surface area contributed by atoms with Gasteiger partial charge in [0.15, 0.2) is 0 Å². The van der Waals surface area contributed by atoms with E-state index in [1.54, 1.807) is 6.07 Å². The normalized spacial score (nSPS) is 20.3. The van der Waals surface area contributed by atoms with Crippen LogP contribution in [-0.2, 0) is 25.4 Å². The van der Waals surface area contributed by atoms with Gasteiger partial charge in [0.1, 0.15) is 18.2 Å². The summed E-state index contributed by atoms with van der Waals surface area (Å²) in [6.07, 6.45) is 3.16. The maximum atomic E-state index is 14.7. The maximum absolute atomic E-state index is 14.7. The molecular formula is C32H44FN3O5. The lowest BCUT2D eigenvalue weighted by Crippen LogP contribution is -2.35. The highest BCUT2D eigenvalue weighted by molar-refractivity contribution is 5.86. The summed E-state index contributed by atoms with van der Waals surface area (Å²) in [7, 11) is 4.27. The molecule has 8 nitrogen and oxygen atoms in total. The number of carbonyl (C=O) groups is 1. The van der Waals surface area contributed by atoms with Crippen LogP contribution in [0, 0.1) is 5.82 Å². The van der Waals surface area contributed by atoms with Crippen molar-refractivity contribution in [2.24, 2.45) is 0 Å². The van der Waals surface area contributed by atoms with E-state index >= 15 is 0 Å². The summed E-state index contributed by atoms with van der Waals surface area (Å²) in [5.41, 5.74) is 3.34. The molecule has 1 fully saturated rings. The van der Waals surface area contributed by atoms with E-state index in [0.717, 1.165) is 42.8 Å². The Bertz CT molecular complexity index is 1110. The fraction of sp³-hybridized carbons (Fsp3) is 0.531. The van der Waals surface area contributed by atoms with Crippen molar-refractivity contribution in [1.82, 2.24) is 15.1 Å². The van der Waals surface area contributed by atoms with Crippen LogP contribution in [0.4, 0.5) is 4.39 Å². The third-order valence-corrected chi connectivity index (χ3v) is 7.86. The van der Waals surface area contributed by atoms with Crippen LogP contribution in [0.2, 0.25) is 0 Å². The first-order chi connectivity index (χ1) is 20.0. The number of amides is 1. The molecule has 0 spiro atoms. The van der Waals surface area contributed by atoms with Gasteiger partial charge in [0.05, 0.1) is 39.6 Å². The Morgan fingerprint density at radius 2 is 1.68 bits per heavy atom. The first-order valence-electron chi connectivity index (χ1n) is 14.5. The van der Waals surface area contributed by atoms with Gasteiger partial charge in [-0.2, -0.15) is 0 Å². The largest absolute Gasteiger partial charge is 0.491 e. The molecular weight excluding hydrogens is 525 g/mol. The Balaban J connectivity index is 1.13. The molecule has 1 saturated heterocycles. The monoisotopic (exact) mass is 569 g/mol. The van der Waals surface area contributed by atoms with E-state index in [-0.39, 0.29) is 17.8 Å². The number of nitrogens with one attached hydrogen (secondary N) is 1. The van der Waals surface area contributed by atoms with E-state index < -0.39 is 0 Å².